The minimum absolute atomic E-state index is 0.0222. The summed E-state index contributed by atoms with van der Waals surface area (Å²) in [6.45, 7) is 4.43. The molecule has 96 valence electrons. The smallest absolute Gasteiger partial charge is 0.248 e. The number of carbonyl (C=O) groups excluding carboxylic acids is 1. The molecule has 1 aromatic rings. The van der Waals surface area contributed by atoms with E-state index in [2.05, 4.69) is 5.10 Å². The molecule has 1 aromatic carbocycles. The van der Waals surface area contributed by atoms with Crippen LogP contribution in [0.25, 0.3) is 0 Å². The number of hydrazone groups is 1. The van der Waals surface area contributed by atoms with Gasteiger partial charge in [-0.15, -0.1) is 0 Å². The van der Waals surface area contributed by atoms with Crippen LogP contribution in [0.1, 0.15) is 26.7 Å². The molecule has 0 saturated carbocycles. The molecule has 0 radical (unpaired) electrons. The third-order valence-corrected chi connectivity index (χ3v) is 2.86. The summed E-state index contributed by atoms with van der Waals surface area (Å²) in [4.78, 5) is 11.6. The summed E-state index contributed by atoms with van der Waals surface area (Å²) in [5.41, 5.74) is 0.870. The highest BCUT2D eigenvalue weighted by Gasteiger charge is 2.24. The van der Waals surface area contributed by atoms with Crippen LogP contribution in [0, 0.1) is 0 Å². The van der Waals surface area contributed by atoms with Crippen LogP contribution in [0.2, 0.25) is 0 Å². The second-order valence-corrected chi connectivity index (χ2v) is 4.45. The van der Waals surface area contributed by atoms with Gasteiger partial charge in [-0.25, -0.2) is 5.01 Å². The molecule has 2 rings (SSSR count). The van der Waals surface area contributed by atoms with Gasteiger partial charge in [0.15, 0.2) is 0 Å². The van der Waals surface area contributed by atoms with E-state index in [0.29, 0.717) is 13.0 Å². The maximum atomic E-state index is 11.6. The fourth-order valence-corrected chi connectivity index (χ4v) is 1.88. The SMILES string of the molecule is CCC(CN1N=C(C)CC1=O)Oc1ccccc1. The summed E-state index contributed by atoms with van der Waals surface area (Å²) in [6, 6.07) is 9.66. The van der Waals surface area contributed by atoms with Gasteiger partial charge in [0.2, 0.25) is 5.91 Å². The maximum absolute atomic E-state index is 11.6. The Morgan fingerprint density at radius 1 is 1.39 bits per heavy atom. The van der Waals surface area contributed by atoms with Crippen molar-refractivity contribution in [2.75, 3.05) is 6.54 Å². The summed E-state index contributed by atoms with van der Waals surface area (Å²) in [7, 11) is 0. The topological polar surface area (TPSA) is 41.9 Å². The minimum Gasteiger partial charge on any atom is -0.489 e. The molecule has 4 nitrogen and oxygen atoms in total. The van der Waals surface area contributed by atoms with Gasteiger partial charge in [0.05, 0.1) is 13.0 Å². The van der Waals surface area contributed by atoms with E-state index in [1.807, 2.05) is 44.2 Å². The van der Waals surface area contributed by atoms with E-state index in [9.17, 15) is 4.79 Å². The van der Waals surface area contributed by atoms with Gasteiger partial charge in [0.1, 0.15) is 11.9 Å². The number of amides is 1. The van der Waals surface area contributed by atoms with E-state index in [4.69, 9.17) is 4.74 Å². The van der Waals surface area contributed by atoms with Gasteiger partial charge in [-0.2, -0.15) is 5.10 Å². The lowest BCUT2D eigenvalue weighted by Crippen LogP contribution is -2.33. The number of hydrogen-bond donors (Lipinski definition) is 0. The van der Waals surface area contributed by atoms with Crippen molar-refractivity contribution in [2.45, 2.75) is 32.8 Å². The molecule has 1 aliphatic heterocycles. The van der Waals surface area contributed by atoms with Crippen LogP contribution >= 0.6 is 0 Å². The molecule has 0 saturated heterocycles. The van der Waals surface area contributed by atoms with Gasteiger partial charge < -0.3 is 4.74 Å². The van der Waals surface area contributed by atoms with Crippen molar-refractivity contribution in [3.63, 3.8) is 0 Å². The quantitative estimate of drug-likeness (QED) is 0.800. The molecule has 1 heterocycles. The van der Waals surface area contributed by atoms with Crippen molar-refractivity contribution in [1.82, 2.24) is 5.01 Å². The zero-order chi connectivity index (χ0) is 13.0. The normalized spacial score (nSPS) is 16.7. The first-order valence-electron chi connectivity index (χ1n) is 6.25. The highest BCUT2D eigenvalue weighted by atomic mass is 16.5. The lowest BCUT2D eigenvalue weighted by Gasteiger charge is -2.21. The van der Waals surface area contributed by atoms with E-state index in [1.54, 1.807) is 0 Å². The molecule has 1 unspecified atom stereocenters. The molecule has 0 fully saturated rings. The Hall–Kier alpha value is -1.84. The van der Waals surface area contributed by atoms with Crippen LogP contribution in [-0.4, -0.2) is 29.3 Å². The second-order valence-electron chi connectivity index (χ2n) is 4.45. The number of rotatable bonds is 5. The molecule has 4 heteroatoms. The third kappa shape index (κ3) is 3.09. The molecular formula is C14H18N2O2. The fraction of sp³-hybridized carbons (Fsp3) is 0.429. The van der Waals surface area contributed by atoms with Gasteiger partial charge in [-0.05, 0) is 25.5 Å². The number of carbonyl (C=O) groups is 1. The van der Waals surface area contributed by atoms with Crippen LogP contribution in [-0.2, 0) is 4.79 Å². The number of benzene rings is 1. The Morgan fingerprint density at radius 2 is 2.11 bits per heavy atom. The number of nitrogens with zero attached hydrogens (tertiary/aromatic N) is 2. The third-order valence-electron chi connectivity index (χ3n) is 2.86. The van der Waals surface area contributed by atoms with Crippen LogP contribution < -0.4 is 4.74 Å². The molecule has 0 bridgehead atoms. The van der Waals surface area contributed by atoms with Crippen molar-refractivity contribution < 1.29 is 9.53 Å². The number of hydrogen-bond acceptors (Lipinski definition) is 3. The van der Waals surface area contributed by atoms with Gasteiger partial charge in [-0.1, -0.05) is 25.1 Å². The fourth-order valence-electron chi connectivity index (χ4n) is 1.88. The summed E-state index contributed by atoms with van der Waals surface area (Å²) < 4.78 is 5.85. The predicted octanol–water partition coefficient (Wildman–Crippen LogP) is 2.45. The molecule has 1 amide bonds. The molecule has 1 atom stereocenters. The van der Waals surface area contributed by atoms with Crippen LogP contribution in [0.3, 0.4) is 0 Å². The van der Waals surface area contributed by atoms with Gasteiger partial charge in [0.25, 0.3) is 0 Å². The molecule has 1 aliphatic rings. The summed E-state index contributed by atoms with van der Waals surface area (Å²) >= 11 is 0. The van der Waals surface area contributed by atoms with E-state index < -0.39 is 0 Å². The lowest BCUT2D eigenvalue weighted by molar-refractivity contribution is -0.129. The molecule has 0 N–H and O–H groups in total. The van der Waals surface area contributed by atoms with Crippen molar-refractivity contribution in [1.29, 1.82) is 0 Å². The maximum Gasteiger partial charge on any atom is 0.248 e. The Morgan fingerprint density at radius 3 is 2.67 bits per heavy atom. The van der Waals surface area contributed by atoms with E-state index >= 15 is 0 Å². The van der Waals surface area contributed by atoms with Crippen molar-refractivity contribution >= 4 is 11.6 Å². The number of ether oxygens (including phenoxy) is 1. The first-order chi connectivity index (χ1) is 8.69. The highest BCUT2D eigenvalue weighted by molar-refractivity contribution is 6.03. The highest BCUT2D eigenvalue weighted by Crippen LogP contribution is 2.15. The lowest BCUT2D eigenvalue weighted by atomic mass is 10.2. The van der Waals surface area contributed by atoms with E-state index in [0.717, 1.165) is 17.9 Å². The molecule has 0 aromatic heterocycles. The van der Waals surface area contributed by atoms with E-state index in [-0.39, 0.29) is 12.0 Å². The zero-order valence-corrected chi connectivity index (χ0v) is 10.8. The molecule has 0 spiro atoms. The standard InChI is InChI=1S/C14H18N2O2/c1-3-12(18-13-7-5-4-6-8-13)10-16-14(17)9-11(2)15-16/h4-8,12H,3,9-10H2,1-2H3. The summed E-state index contributed by atoms with van der Waals surface area (Å²) in [6.07, 6.45) is 1.25. The van der Waals surface area contributed by atoms with Crippen molar-refractivity contribution in [2.24, 2.45) is 5.10 Å². The Kier molecular flexibility index (Phi) is 3.97. The Labute approximate surface area is 107 Å². The van der Waals surface area contributed by atoms with Crippen molar-refractivity contribution in [3.05, 3.63) is 30.3 Å². The Balaban J connectivity index is 1.96. The average molecular weight is 246 g/mol. The number of para-hydroxylation sites is 1. The van der Waals surface area contributed by atoms with Crippen LogP contribution in [0.5, 0.6) is 5.75 Å². The Bertz CT molecular complexity index is 442. The van der Waals surface area contributed by atoms with Crippen LogP contribution in [0.15, 0.2) is 35.4 Å². The van der Waals surface area contributed by atoms with Gasteiger partial charge in [0, 0.05) is 5.71 Å². The first-order valence-corrected chi connectivity index (χ1v) is 6.25. The van der Waals surface area contributed by atoms with Gasteiger partial charge >= 0.3 is 0 Å². The molecular weight excluding hydrogens is 228 g/mol. The van der Waals surface area contributed by atoms with Gasteiger partial charge in [-0.3, -0.25) is 4.79 Å². The molecule has 0 aliphatic carbocycles. The zero-order valence-electron chi connectivity index (χ0n) is 10.8. The van der Waals surface area contributed by atoms with E-state index in [1.165, 1.54) is 5.01 Å². The summed E-state index contributed by atoms with van der Waals surface area (Å²) in [5, 5.41) is 5.74. The first kappa shape index (κ1) is 12.6. The van der Waals surface area contributed by atoms with Crippen LogP contribution in [0.4, 0.5) is 0 Å². The second kappa shape index (κ2) is 5.67. The molecule has 18 heavy (non-hydrogen) atoms. The minimum atomic E-state index is -0.0222. The van der Waals surface area contributed by atoms with Crippen molar-refractivity contribution in [3.8, 4) is 5.75 Å². The predicted molar refractivity (Wildman–Crippen MR) is 70.6 cm³/mol. The summed E-state index contributed by atoms with van der Waals surface area (Å²) in [5.74, 6) is 0.888. The average Bonchev–Trinajstić information content (AvgIpc) is 2.68. The monoisotopic (exact) mass is 246 g/mol. The largest absolute Gasteiger partial charge is 0.489 e.